The molecule has 0 radical (unpaired) electrons. The summed E-state index contributed by atoms with van der Waals surface area (Å²) in [5.74, 6) is 0. The van der Waals surface area contributed by atoms with E-state index < -0.39 is 0 Å². The highest BCUT2D eigenvalue weighted by Crippen LogP contribution is 1.92. The van der Waals surface area contributed by atoms with Gasteiger partial charge in [0.1, 0.15) is 0 Å². The Morgan fingerprint density at radius 2 is 1.94 bits per heavy atom. The van der Waals surface area contributed by atoms with Gasteiger partial charge in [0.05, 0.1) is 6.10 Å². The number of hydrogen-bond donors (Lipinski definition) is 2. The topological polar surface area (TPSA) is 44.7 Å². The summed E-state index contributed by atoms with van der Waals surface area (Å²) in [4.78, 5) is 2.23. The molecule has 0 aromatic rings. The van der Waals surface area contributed by atoms with Crippen LogP contribution in [-0.2, 0) is 4.74 Å². The summed E-state index contributed by atoms with van der Waals surface area (Å²) in [5, 5.41) is 13.0. The van der Waals surface area contributed by atoms with Crippen molar-refractivity contribution in [3.05, 3.63) is 0 Å². The van der Waals surface area contributed by atoms with E-state index in [9.17, 15) is 5.11 Å². The number of aliphatic hydroxyl groups is 1. The zero-order valence-electron chi connectivity index (χ0n) is 11.0. The standard InChI is InChI=1S/C12H28N2O2/c1-4-14(5-2)11-12(15)10-13-8-6-7-9-16-3/h12-13,15H,4-11H2,1-3H3. The SMILES string of the molecule is CCN(CC)CC(O)CNCCCCOC. The molecule has 16 heavy (non-hydrogen) atoms. The second-order valence-electron chi connectivity index (χ2n) is 4.04. The van der Waals surface area contributed by atoms with Crippen LogP contribution in [0.2, 0.25) is 0 Å². The smallest absolute Gasteiger partial charge is 0.0791 e. The van der Waals surface area contributed by atoms with E-state index in [0.29, 0.717) is 6.54 Å². The van der Waals surface area contributed by atoms with E-state index in [1.165, 1.54) is 0 Å². The van der Waals surface area contributed by atoms with Crippen molar-refractivity contribution in [3.8, 4) is 0 Å². The fraction of sp³-hybridized carbons (Fsp3) is 1.00. The van der Waals surface area contributed by atoms with Crippen LogP contribution in [0.5, 0.6) is 0 Å². The van der Waals surface area contributed by atoms with E-state index in [1.807, 2.05) is 0 Å². The van der Waals surface area contributed by atoms with Crippen LogP contribution in [0.4, 0.5) is 0 Å². The summed E-state index contributed by atoms with van der Waals surface area (Å²) < 4.78 is 4.97. The Morgan fingerprint density at radius 3 is 2.50 bits per heavy atom. The van der Waals surface area contributed by atoms with Gasteiger partial charge in [-0.1, -0.05) is 13.8 Å². The highest BCUT2D eigenvalue weighted by Gasteiger charge is 2.07. The normalized spacial score (nSPS) is 13.3. The van der Waals surface area contributed by atoms with Crippen molar-refractivity contribution in [1.82, 2.24) is 10.2 Å². The summed E-state index contributed by atoms with van der Waals surface area (Å²) >= 11 is 0. The fourth-order valence-electron chi connectivity index (χ4n) is 1.61. The number of nitrogens with one attached hydrogen (secondary N) is 1. The van der Waals surface area contributed by atoms with Gasteiger partial charge >= 0.3 is 0 Å². The van der Waals surface area contributed by atoms with Crippen molar-refractivity contribution < 1.29 is 9.84 Å². The third-order valence-electron chi connectivity index (χ3n) is 2.70. The zero-order valence-corrected chi connectivity index (χ0v) is 11.0. The van der Waals surface area contributed by atoms with E-state index in [2.05, 4.69) is 24.1 Å². The van der Waals surface area contributed by atoms with Gasteiger partial charge in [-0.25, -0.2) is 0 Å². The highest BCUT2D eigenvalue weighted by molar-refractivity contribution is 4.65. The van der Waals surface area contributed by atoms with Gasteiger partial charge in [0.25, 0.3) is 0 Å². The molecule has 0 aliphatic heterocycles. The molecule has 0 fully saturated rings. The first-order valence-corrected chi connectivity index (χ1v) is 6.34. The average molecular weight is 232 g/mol. The first-order chi connectivity index (χ1) is 7.74. The summed E-state index contributed by atoms with van der Waals surface area (Å²) in [6.07, 6.45) is 1.92. The first-order valence-electron chi connectivity index (χ1n) is 6.34. The molecule has 0 aromatic heterocycles. The largest absolute Gasteiger partial charge is 0.390 e. The second-order valence-corrected chi connectivity index (χ2v) is 4.04. The molecule has 0 aromatic carbocycles. The zero-order chi connectivity index (χ0) is 12.2. The van der Waals surface area contributed by atoms with E-state index in [1.54, 1.807) is 7.11 Å². The Balaban J connectivity index is 3.32. The van der Waals surface area contributed by atoms with Crippen LogP contribution in [0.25, 0.3) is 0 Å². The third-order valence-corrected chi connectivity index (χ3v) is 2.70. The van der Waals surface area contributed by atoms with Crippen molar-refractivity contribution in [2.24, 2.45) is 0 Å². The minimum atomic E-state index is -0.262. The maximum absolute atomic E-state index is 9.76. The number of ether oxygens (including phenoxy) is 1. The van der Waals surface area contributed by atoms with Crippen molar-refractivity contribution in [1.29, 1.82) is 0 Å². The molecule has 98 valence electrons. The van der Waals surface area contributed by atoms with Crippen LogP contribution in [0, 0.1) is 0 Å². The van der Waals surface area contributed by atoms with Gasteiger partial charge in [0, 0.05) is 26.8 Å². The monoisotopic (exact) mass is 232 g/mol. The quantitative estimate of drug-likeness (QED) is 0.515. The van der Waals surface area contributed by atoms with Crippen LogP contribution in [0.1, 0.15) is 26.7 Å². The van der Waals surface area contributed by atoms with Gasteiger partial charge < -0.3 is 20.1 Å². The third kappa shape index (κ3) is 9.09. The summed E-state index contributed by atoms with van der Waals surface area (Å²) in [6.45, 7) is 9.47. The Labute approximate surface area is 100.0 Å². The molecule has 0 bridgehead atoms. The van der Waals surface area contributed by atoms with E-state index in [-0.39, 0.29) is 6.10 Å². The van der Waals surface area contributed by atoms with Crippen LogP contribution < -0.4 is 5.32 Å². The molecule has 0 rings (SSSR count). The van der Waals surface area contributed by atoms with E-state index in [4.69, 9.17) is 4.74 Å². The molecule has 4 nitrogen and oxygen atoms in total. The number of aliphatic hydroxyl groups excluding tert-OH is 1. The van der Waals surface area contributed by atoms with Gasteiger partial charge in [-0.3, -0.25) is 0 Å². The molecular formula is C12H28N2O2. The summed E-state index contributed by atoms with van der Waals surface area (Å²) in [7, 11) is 1.72. The molecule has 2 N–H and O–H groups in total. The lowest BCUT2D eigenvalue weighted by atomic mass is 10.3. The lowest BCUT2D eigenvalue weighted by Gasteiger charge is -2.22. The number of rotatable bonds is 11. The van der Waals surface area contributed by atoms with Crippen molar-refractivity contribution in [3.63, 3.8) is 0 Å². The Kier molecular flexibility index (Phi) is 11.2. The van der Waals surface area contributed by atoms with Gasteiger partial charge in [0.15, 0.2) is 0 Å². The molecule has 1 unspecified atom stereocenters. The predicted molar refractivity (Wildman–Crippen MR) is 67.8 cm³/mol. The maximum Gasteiger partial charge on any atom is 0.0791 e. The molecule has 0 saturated carbocycles. The Morgan fingerprint density at radius 1 is 1.25 bits per heavy atom. The van der Waals surface area contributed by atoms with Crippen LogP contribution in [-0.4, -0.2) is 62.6 Å². The fourth-order valence-corrected chi connectivity index (χ4v) is 1.61. The predicted octanol–water partition coefficient (Wildman–Crippen LogP) is 0.705. The average Bonchev–Trinajstić information content (AvgIpc) is 2.30. The molecule has 0 amide bonds. The van der Waals surface area contributed by atoms with Crippen LogP contribution in [0.15, 0.2) is 0 Å². The molecule has 4 heteroatoms. The molecule has 0 saturated heterocycles. The van der Waals surface area contributed by atoms with Crippen molar-refractivity contribution in [2.75, 3.05) is 46.4 Å². The number of methoxy groups -OCH3 is 1. The molecule has 0 heterocycles. The first kappa shape index (κ1) is 15.8. The second kappa shape index (κ2) is 11.3. The van der Waals surface area contributed by atoms with Crippen molar-refractivity contribution in [2.45, 2.75) is 32.8 Å². The van der Waals surface area contributed by atoms with Gasteiger partial charge in [-0.05, 0) is 32.5 Å². The Bertz CT molecular complexity index is 141. The minimum Gasteiger partial charge on any atom is -0.390 e. The minimum absolute atomic E-state index is 0.262. The molecule has 0 aliphatic rings. The lowest BCUT2D eigenvalue weighted by Crippen LogP contribution is -2.38. The maximum atomic E-state index is 9.76. The van der Waals surface area contributed by atoms with Crippen molar-refractivity contribution >= 4 is 0 Å². The number of hydrogen-bond acceptors (Lipinski definition) is 4. The number of likely N-dealkylation sites (N-methyl/N-ethyl adjacent to an activating group) is 1. The summed E-state index contributed by atoms with van der Waals surface area (Å²) in [5.41, 5.74) is 0. The van der Waals surface area contributed by atoms with E-state index in [0.717, 1.165) is 45.6 Å². The Hall–Kier alpha value is -0.160. The lowest BCUT2D eigenvalue weighted by molar-refractivity contribution is 0.116. The summed E-state index contributed by atoms with van der Waals surface area (Å²) in [6, 6.07) is 0. The molecule has 0 spiro atoms. The number of nitrogens with zero attached hydrogens (tertiary/aromatic N) is 1. The molecule has 1 atom stereocenters. The molecule has 0 aliphatic carbocycles. The van der Waals surface area contributed by atoms with E-state index >= 15 is 0 Å². The highest BCUT2D eigenvalue weighted by atomic mass is 16.5. The van der Waals surface area contributed by atoms with Crippen LogP contribution >= 0.6 is 0 Å². The van der Waals surface area contributed by atoms with Gasteiger partial charge in [-0.2, -0.15) is 0 Å². The van der Waals surface area contributed by atoms with Gasteiger partial charge in [-0.15, -0.1) is 0 Å². The number of unbranched alkanes of at least 4 members (excludes halogenated alkanes) is 1. The van der Waals surface area contributed by atoms with Crippen LogP contribution in [0.3, 0.4) is 0 Å². The van der Waals surface area contributed by atoms with Gasteiger partial charge in [0.2, 0.25) is 0 Å². The molecular weight excluding hydrogens is 204 g/mol.